The Labute approximate surface area is 77.4 Å². The van der Waals surface area contributed by atoms with Gasteiger partial charge in [0.1, 0.15) is 6.04 Å². The number of nitrogens with two attached hydrogens (primary N) is 1. The molecule has 74 valence electrons. The standard InChI is InChI=1S/C9H15NO3/c1-5-3-7(4-6(2)13-5)8(10)9(11)12/h3,5-6,8H,4,10H2,1-2H3,(H,11,12). The van der Waals surface area contributed by atoms with Gasteiger partial charge in [-0.2, -0.15) is 0 Å². The van der Waals surface area contributed by atoms with E-state index in [0.717, 1.165) is 5.57 Å². The van der Waals surface area contributed by atoms with Gasteiger partial charge in [-0.05, 0) is 25.8 Å². The van der Waals surface area contributed by atoms with Crippen molar-refractivity contribution >= 4 is 5.97 Å². The van der Waals surface area contributed by atoms with Crippen LogP contribution in [0.1, 0.15) is 20.3 Å². The Balaban J connectivity index is 2.73. The first kappa shape index (κ1) is 10.2. The Morgan fingerprint density at radius 1 is 1.77 bits per heavy atom. The zero-order valence-electron chi connectivity index (χ0n) is 7.86. The molecule has 4 nitrogen and oxygen atoms in total. The Bertz CT molecular complexity index is 237. The molecule has 0 radical (unpaired) electrons. The highest BCUT2D eigenvalue weighted by Gasteiger charge is 2.24. The zero-order chi connectivity index (χ0) is 10.0. The maximum atomic E-state index is 10.6. The lowest BCUT2D eigenvalue weighted by atomic mass is 9.97. The third-order valence-corrected chi connectivity index (χ3v) is 2.08. The summed E-state index contributed by atoms with van der Waals surface area (Å²) < 4.78 is 5.42. The number of hydrogen-bond acceptors (Lipinski definition) is 3. The third kappa shape index (κ3) is 2.54. The second-order valence-electron chi connectivity index (χ2n) is 3.41. The van der Waals surface area contributed by atoms with E-state index in [2.05, 4.69) is 0 Å². The first-order valence-corrected chi connectivity index (χ1v) is 4.35. The van der Waals surface area contributed by atoms with Crippen LogP contribution < -0.4 is 5.73 Å². The first-order chi connectivity index (χ1) is 6.00. The predicted octanol–water partition coefficient (Wildman–Crippen LogP) is 0.522. The molecule has 3 atom stereocenters. The topological polar surface area (TPSA) is 72.6 Å². The third-order valence-electron chi connectivity index (χ3n) is 2.08. The van der Waals surface area contributed by atoms with Crippen molar-refractivity contribution < 1.29 is 14.6 Å². The lowest BCUT2D eigenvalue weighted by Crippen LogP contribution is -2.36. The van der Waals surface area contributed by atoms with E-state index >= 15 is 0 Å². The SMILES string of the molecule is CC1C=C(C(N)C(=O)O)CC(C)O1. The quantitative estimate of drug-likeness (QED) is 0.615. The molecule has 1 heterocycles. The van der Waals surface area contributed by atoms with Gasteiger partial charge in [0.05, 0.1) is 12.2 Å². The van der Waals surface area contributed by atoms with Crippen molar-refractivity contribution in [2.75, 3.05) is 0 Å². The Morgan fingerprint density at radius 2 is 2.38 bits per heavy atom. The van der Waals surface area contributed by atoms with E-state index in [1.165, 1.54) is 0 Å². The van der Waals surface area contributed by atoms with Crippen molar-refractivity contribution in [3.05, 3.63) is 11.6 Å². The van der Waals surface area contributed by atoms with E-state index in [1.54, 1.807) is 6.08 Å². The maximum Gasteiger partial charge on any atom is 0.324 e. The smallest absolute Gasteiger partial charge is 0.324 e. The summed E-state index contributed by atoms with van der Waals surface area (Å²) in [5, 5.41) is 8.70. The summed E-state index contributed by atoms with van der Waals surface area (Å²) in [6.07, 6.45) is 2.42. The molecule has 0 bridgehead atoms. The maximum absolute atomic E-state index is 10.6. The van der Waals surface area contributed by atoms with Crippen LogP contribution in [0.5, 0.6) is 0 Å². The van der Waals surface area contributed by atoms with Crippen molar-refractivity contribution in [2.24, 2.45) is 5.73 Å². The molecule has 0 aromatic carbocycles. The molecule has 0 amide bonds. The van der Waals surface area contributed by atoms with E-state index in [4.69, 9.17) is 15.6 Å². The monoisotopic (exact) mass is 185 g/mol. The van der Waals surface area contributed by atoms with Crippen molar-refractivity contribution in [3.63, 3.8) is 0 Å². The first-order valence-electron chi connectivity index (χ1n) is 4.35. The van der Waals surface area contributed by atoms with Crippen molar-refractivity contribution in [1.29, 1.82) is 0 Å². The van der Waals surface area contributed by atoms with Gasteiger partial charge < -0.3 is 15.6 Å². The molecule has 0 saturated heterocycles. The number of rotatable bonds is 2. The van der Waals surface area contributed by atoms with Gasteiger partial charge in [-0.3, -0.25) is 4.79 Å². The van der Waals surface area contributed by atoms with E-state index < -0.39 is 12.0 Å². The van der Waals surface area contributed by atoms with Gasteiger partial charge in [-0.15, -0.1) is 0 Å². The second kappa shape index (κ2) is 3.89. The van der Waals surface area contributed by atoms with Crippen molar-refractivity contribution in [3.8, 4) is 0 Å². The van der Waals surface area contributed by atoms with Crippen LogP contribution in [0.3, 0.4) is 0 Å². The van der Waals surface area contributed by atoms with E-state index in [0.29, 0.717) is 6.42 Å². The predicted molar refractivity (Wildman–Crippen MR) is 48.3 cm³/mol. The molecule has 0 aromatic rings. The van der Waals surface area contributed by atoms with Crippen molar-refractivity contribution in [1.82, 2.24) is 0 Å². The summed E-state index contributed by atoms with van der Waals surface area (Å²) in [4.78, 5) is 10.6. The van der Waals surface area contributed by atoms with Crippen LogP contribution in [0.15, 0.2) is 11.6 Å². The van der Waals surface area contributed by atoms with Crippen LogP contribution in [-0.2, 0) is 9.53 Å². The van der Waals surface area contributed by atoms with Crippen LogP contribution in [0, 0.1) is 0 Å². The molecule has 0 aromatic heterocycles. The number of carboxylic acids is 1. The van der Waals surface area contributed by atoms with E-state index in [-0.39, 0.29) is 12.2 Å². The van der Waals surface area contributed by atoms with Gasteiger partial charge in [0, 0.05) is 0 Å². The molecule has 3 N–H and O–H groups in total. The molecule has 3 unspecified atom stereocenters. The number of aliphatic carboxylic acids is 1. The Morgan fingerprint density at radius 3 is 2.85 bits per heavy atom. The number of carboxylic acid groups (broad SMARTS) is 1. The zero-order valence-corrected chi connectivity index (χ0v) is 7.86. The van der Waals surface area contributed by atoms with Gasteiger partial charge in [-0.25, -0.2) is 0 Å². The normalized spacial score (nSPS) is 30.8. The van der Waals surface area contributed by atoms with E-state index in [9.17, 15) is 4.79 Å². The molecule has 0 spiro atoms. The van der Waals surface area contributed by atoms with Crippen LogP contribution in [0.2, 0.25) is 0 Å². The number of carbonyl (C=O) groups is 1. The summed E-state index contributed by atoms with van der Waals surface area (Å²) in [5.74, 6) is -0.979. The molecular weight excluding hydrogens is 170 g/mol. The van der Waals surface area contributed by atoms with Gasteiger partial charge in [0.25, 0.3) is 0 Å². The van der Waals surface area contributed by atoms with Crippen LogP contribution in [-0.4, -0.2) is 29.3 Å². The second-order valence-corrected chi connectivity index (χ2v) is 3.41. The summed E-state index contributed by atoms with van der Waals surface area (Å²) in [7, 11) is 0. The van der Waals surface area contributed by atoms with Crippen LogP contribution >= 0.6 is 0 Å². The fraction of sp³-hybridized carbons (Fsp3) is 0.667. The highest BCUT2D eigenvalue weighted by Crippen LogP contribution is 2.20. The average Bonchev–Trinajstić information content (AvgIpc) is 2.01. The van der Waals surface area contributed by atoms with Gasteiger partial charge in [0.2, 0.25) is 0 Å². The fourth-order valence-corrected chi connectivity index (χ4v) is 1.54. The lowest BCUT2D eigenvalue weighted by molar-refractivity contribution is -0.137. The Kier molecular flexibility index (Phi) is 3.06. The molecule has 0 aliphatic carbocycles. The minimum atomic E-state index is -0.979. The largest absolute Gasteiger partial charge is 0.480 e. The average molecular weight is 185 g/mol. The lowest BCUT2D eigenvalue weighted by Gasteiger charge is -2.26. The number of hydrogen-bond donors (Lipinski definition) is 2. The Hall–Kier alpha value is -0.870. The van der Waals surface area contributed by atoms with Crippen LogP contribution in [0.4, 0.5) is 0 Å². The van der Waals surface area contributed by atoms with Gasteiger partial charge in [-0.1, -0.05) is 6.08 Å². The summed E-state index contributed by atoms with van der Waals surface area (Å²) in [6.45, 7) is 3.79. The molecule has 0 saturated carbocycles. The summed E-state index contributed by atoms with van der Waals surface area (Å²) in [6, 6.07) is -0.881. The minimum Gasteiger partial charge on any atom is -0.480 e. The highest BCUT2D eigenvalue weighted by atomic mass is 16.5. The molecule has 4 heteroatoms. The number of ether oxygens (including phenoxy) is 1. The summed E-state index contributed by atoms with van der Waals surface area (Å²) >= 11 is 0. The molecule has 13 heavy (non-hydrogen) atoms. The van der Waals surface area contributed by atoms with Gasteiger partial charge >= 0.3 is 5.97 Å². The molecule has 0 fully saturated rings. The van der Waals surface area contributed by atoms with Crippen molar-refractivity contribution in [2.45, 2.75) is 38.5 Å². The molecule has 1 aliphatic heterocycles. The minimum absolute atomic E-state index is 0.0378. The van der Waals surface area contributed by atoms with Gasteiger partial charge in [0.15, 0.2) is 0 Å². The fourth-order valence-electron chi connectivity index (χ4n) is 1.54. The molecule has 1 rings (SSSR count). The molecular formula is C9H15NO3. The summed E-state index contributed by atoms with van der Waals surface area (Å²) in [5.41, 5.74) is 6.26. The van der Waals surface area contributed by atoms with Crippen LogP contribution in [0.25, 0.3) is 0 Å². The molecule has 1 aliphatic rings. The highest BCUT2D eigenvalue weighted by molar-refractivity contribution is 5.77. The van der Waals surface area contributed by atoms with E-state index in [1.807, 2.05) is 13.8 Å².